The maximum atomic E-state index is 13.3. The average Bonchev–Trinajstić information content (AvgIpc) is 2.52. The van der Waals surface area contributed by atoms with E-state index in [9.17, 15) is 18.0 Å². The van der Waals surface area contributed by atoms with Crippen LogP contribution in [0.15, 0.2) is 18.2 Å². The fourth-order valence-corrected chi connectivity index (χ4v) is 3.96. The van der Waals surface area contributed by atoms with E-state index in [1.165, 1.54) is 12.1 Å². The molecule has 2 aliphatic carbocycles. The summed E-state index contributed by atoms with van der Waals surface area (Å²) in [6.45, 7) is 0.821. The van der Waals surface area contributed by atoms with Crippen LogP contribution in [0.5, 0.6) is 0 Å². The highest BCUT2D eigenvalue weighted by atomic mass is 35.5. The summed E-state index contributed by atoms with van der Waals surface area (Å²) < 4.78 is 39.6. The van der Waals surface area contributed by atoms with Gasteiger partial charge in [0.25, 0.3) is 5.91 Å². The van der Waals surface area contributed by atoms with Crippen molar-refractivity contribution in [2.75, 3.05) is 6.54 Å². The van der Waals surface area contributed by atoms with Crippen LogP contribution >= 0.6 is 11.6 Å². The first-order valence-electron chi connectivity index (χ1n) is 9.19. The van der Waals surface area contributed by atoms with Gasteiger partial charge in [0.2, 0.25) is 5.92 Å². The maximum absolute atomic E-state index is 13.3. The maximum Gasteiger partial charge on any atom is 0.251 e. The SMILES string of the molecule is O=C(N[C@H]1C[C@H](NCCC2CCC(F)(F)CC2)C1)c1cc(F)cc(Cl)c1. The van der Waals surface area contributed by atoms with E-state index in [0.29, 0.717) is 24.8 Å². The van der Waals surface area contributed by atoms with Crippen LogP contribution in [0.4, 0.5) is 13.2 Å². The third kappa shape index (κ3) is 5.36. The monoisotopic (exact) mass is 388 g/mol. The Morgan fingerprint density at radius 1 is 1.15 bits per heavy atom. The summed E-state index contributed by atoms with van der Waals surface area (Å²) in [5, 5.41) is 6.50. The summed E-state index contributed by atoms with van der Waals surface area (Å²) in [6, 6.07) is 4.18. The Bertz CT molecular complexity index is 619. The van der Waals surface area contributed by atoms with Crippen molar-refractivity contribution in [2.24, 2.45) is 5.92 Å². The van der Waals surface area contributed by atoms with Crippen LogP contribution in [0.3, 0.4) is 0 Å². The zero-order valence-corrected chi connectivity index (χ0v) is 15.3. The molecule has 144 valence electrons. The first-order valence-corrected chi connectivity index (χ1v) is 9.57. The molecule has 0 saturated heterocycles. The molecule has 26 heavy (non-hydrogen) atoms. The van der Waals surface area contributed by atoms with Crippen molar-refractivity contribution in [2.45, 2.75) is 63.0 Å². The lowest BCUT2D eigenvalue weighted by molar-refractivity contribution is -0.0465. The summed E-state index contributed by atoms with van der Waals surface area (Å²) in [5.74, 6) is -2.93. The van der Waals surface area contributed by atoms with Crippen molar-refractivity contribution >= 4 is 17.5 Å². The van der Waals surface area contributed by atoms with Gasteiger partial charge in [0.15, 0.2) is 0 Å². The fraction of sp³-hybridized carbons (Fsp3) is 0.632. The van der Waals surface area contributed by atoms with Gasteiger partial charge in [0.1, 0.15) is 5.82 Å². The molecule has 3 rings (SSSR count). The molecule has 3 nitrogen and oxygen atoms in total. The number of halogens is 4. The zero-order chi connectivity index (χ0) is 18.7. The number of carbonyl (C=O) groups is 1. The highest BCUT2D eigenvalue weighted by Gasteiger charge is 2.35. The van der Waals surface area contributed by atoms with Crippen molar-refractivity contribution in [1.29, 1.82) is 0 Å². The molecular weight excluding hydrogens is 365 g/mol. The minimum atomic E-state index is -2.46. The van der Waals surface area contributed by atoms with Gasteiger partial charge in [-0.15, -0.1) is 0 Å². The molecule has 2 N–H and O–H groups in total. The Hall–Kier alpha value is -1.27. The molecule has 0 aromatic heterocycles. The summed E-state index contributed by atoms with van der Waals surface area (Å²) >= 11 is 5.77. The first kappa shape index (κ1) is 19.5. The molecular formula is C19H24ClF3N2O. The largest absolute Gasteiger partial charge is 0.349 e. The van der Waals surface area contributed by atoms with Crippen LogP contribution in [0, 0.1) is 11.7 Å². The molecule has 0 unspecified atom stereocenters. The van der Waals surface area contributed by atoms with Crippen molar-refractivity contribution < 1.29 is 18.0 Å². The lowest BCUT2D eigenvalue weighted by atomic mass is 9.84. The summed E-state index contributed by atoms with van der Waals surface area (Å²) in [5.41, 5.74) is 0.223. The minimum Gasteiger partial charge on any atom is -0.349 e. The molecule has 1 aromatic rings. The second kappa shape index (κ2) is 8.17. The minimum absolute atomic E-state index is 0.0132. The molecule has 2 fully saturated rings. The van der Waals surface area contributed by atoms with Crippen LogP contribution in [-0.4, -0.2) is 30.5 Å². The van der Waals surface area contributed by atoms with E-state index < -0.39 is 11.7 Å². The Morgan fingerprint density at radius 3 is 2.50 bits per heavy atom. The lowest BCUT2D eigenvalue weighted by Crippen LogP contribution is -2.52. The molecule has 2 aliphatic rings. The van der Waals surface area contributed by atoms with Crippen LogP contribution in [-0.2, 0) is 0 Å². The number of benzene rings is 1. The molecule has 0 atom stereocenters. The standard InChI is InChI=1S/C19H24ClF3N2O/c20-14-7-13(8-15(21)9-14)18(26)25-17-10-16(11-17)24-6-3-12-1-4-19(22,23)5-2-12/h7-9,12,16-17,24H,1-6,10-11H2,(H,25,26)/t16-,17-. The van der Waals surface area contributed by atoms with Gasteiger partial charge in [-0.2, -0.15) is 0 Å². The molecule has 7 heteroatoms. The second-order valence-electron chi connectivity index (χ2n) is 7.54. The van der Waals surface area contributed by atoms with Crippen LogP contribution in [0.2, 0.25) is 5.02 Å². The van der Waals surface area contributed by atoms with Crippen molar-refractivity contribution in [3.63, 3.8) is 0 Å². The fourth-order valence-electron chi connectivity index (χ4n) is 3.74. The van der Waals surface area contributed by atoms with Crippen molar-refractivity contribution in [3.05, 3.63) is 34.6 Å². The molecule has 0 spiro atoms. The summed E-state index contributed by atoms with van der Waals surface area (Å²) in [4.78, 5) is 12.1. The topological polar surface area (TPSA) is 41.1 Å². The van der Waals surface area contributed by atoms with Gasteiger partial charge >= 0.3 is 0 Å². The predicted molar refractivity (Wildman–Crippen MR) is 95.2 cm³/mol. The van der Waals surface area contributed by atoms with Gasteiger partial charge in [-0.3, -0.25) is 4.79 Å². The smallest absolute Gasteiger partial charge is 0.251 e. The lowest BCUT2D eigenvalue weighted by Gasteiger charge is -2.37. The van der Waals surface area contributed by atoms with Crippen LogP contribution in [0.1, 0.15) is 55.3 Å². The Balaban J connectivity index is 1.31. The normalized spacial score (nSPS) is 25.5. The quantitative estimate of drug-likeness (QED) is 0.750. The van der Waals surface area contributed by atoms with E-state index >= 15 is 0 Å². The number of carbonyl (C=O) groups excluding carboxylic acids is 1. The number of hydrogen-bond donors (Lipinski definition) is 2. The van der Waals surface area contributed by atoms with Gasteiger partial charge in [-0.1, -0.05) is 11.6 Å². The molecule has 2 saturated carbocycles. The number of hydrogen-bond acceptors (Lipinski definition) is 2. The van der Waals surface area contributed by atoms with Gasteiger partial charge < -0.3 is 10.6 Å². The molecule has 0 heterocycles. The van der Waals surface area contributed by atoms with Gasteiger partial charge in [0, 0.05) is 35.5 Å². The van der Waals surface area contributed by atoms with Gasteiger partial charge in [0.05, 0.1) is 0 Å². The first-order chi connectivity index (χ1) is 12.3. The second-order valence-corrected chi connectivity index (χ2v) is 7.98. The van der Waals surface area contributed by atoms with E-state index in [1.807, 2.05) is 0 Å². The third-order valence-corrected chi connectivity index (χ3v) is 5.64. The van der Waals surface area contributed by atoms with Crippen molar-refractivity contribution in [1.82, 2.24) is 10.6 Å². The summed E-state index contributed by atoms with van der Waals surface area (Å²) in [6.07, 6.45) is 3.79. The molecule has 0 bridgehead atoms. The van der Waals surface area contributed by atoms with Crippen LogP contribution < -0.4 is 10.6 Å². The number of amides is 1. The van der Waals surface area contributed by atoms with Crippen molar-refractivity contribution in [3.8, 4) is 0 Å². The highest BCUT2D eigenvalue weighted by molar-refractivity contribution is 6.31. The average molecular weight is 389 g/mol. The van der Waals surface area contributed by atoms with Gasteiger partial charge in [-0.05, 0) is 62.8 Å². The number of nitrogens with one attached hydrogen (secondary N) is 2. The van der Waals surface area contributed by atoms with E-state index in [0.717, 1.165) is 31.9 Å². The Morgan fingerprint density at radius 2 is 1.85 bits per heavy atom. The molecule has 1 amide bonds. The van der Waals surface area contributed by atoms with Crippen LogP contribution in [0.25, 0.3) is 0 Å². The van der Waals surface area contributed by atoms with E-state index in [4.69, 9.17) is 11.6 Å². The Labute approximate surface area is 156 Å². The molecule has 0 radical (unpaired) electrons. The number of rotatable bonds is 6. The van der Waals surface area contributed by atoms with E-state index in [1.54, 1.807) is 0 Å². The van der Waals surface area contributed by atoms with E-state index in [2.05, 4.69) is 10.6 Å². The Kier molecular flexibility index (Phi) is 6.13. The molecule has 1 aromatic carbocycles. The van der Waals surface area contributed by atoms with Gasteiger partial charge in [-0.25, -0.2) is 13.2 Å². The predicted octanol–water partition coefficient (Wildman–Crippen LogP) is 4.55. The number of alkyl halides is 2. The van der Waals surface area contributed by atoms with E-state index in [-0.39, 0.29) is 35.4 Å². The highest BCUT2D eigenvalue weighted by Crippen LogP contribution is 2.37. The molecule has 0 aliphatic heterocycles. The third-order valence-electron chi connectivity index (χ3n) is 5.42. The summed E-state index contributed by atoms with van der Waals surface area (Å²) in [7, 11) is 0. The zero-order valence-electron chi connectivity index (χ0n) is 14.5.